The zero-order chi connectivity index (χ0) is 12.3. The molecule has 0 amide bonds. The second-order valence-corrected chi connectivity index (χ2v) is 6.62. The molecule has 1 fully saturated rings. The average Bonchev–Trinajstić information content (AvgIpc) is 2.73. The van der Waals surface area contributed by atoms with E-state index in [1.165, 1.54) is 11.3 Å². The molecule has 2 rings (SSSR count). The van der Waals surface area contributed by atoms with Gasteiger partial charge in [-0.25, -0.2) is 0 Å². The second-order valence-electron chi connectivity index (χ2n) is 4.82. The van der Waals surface area contributed by atoms with Gasteiger partial charge in [-0.05, 0) is 31.9 Å². The van der Waals surface area contributed by atoms with E-state index < -0.39 is 0 Å². The number of halogens is 1. The Morgan fingerprint density at radius 2 is 2.35 bits per heavy atom. The number of piperazine rings is 1. The van der Waals surface area contributed by atoms with Gasteiger partial charge in [0, 0.05) is 36.6 Å². The fourth-order valence-electron chi connectivity index (χ4n) is 2.45. The molecule has 0 aliphatic carbocycles. The van der Waals surface area contributed by atoms with E-state index in [0.717, 1.165) is 30.4 Å². The van der Waals surface area contributed by atoms with Crippen molar-refractivity contribution in [3.63, 3.8) is 0 Å². The Labute approximate surface area is 113 Å². The van der Waals surface area contributed by atoms with Gasteiger partial charge in [-0.1, -0.05) is 18.5 Å². The van der Waals surface area contributed by atoms with E-state index in [1.807, 2.05) is 6.07 Å². The molecule has 96 valence electrons. The highest BCUT2D eigenvalue weighted by molar-refractivity contribution is 7.16. The number of rotatable bonds is 4. The minimum absolute atomic E-state index is 0.615. The summed E-state index contributed by atoms with van der Waals surface area (Å²) >= 11 is 7.67. The molecule has 2 heterocycles. The maximum atomic E-state index is 5.96. The number of thiophene rings is 1. The maximum Gasteiger partial charge on any atom is 0.0931 e. The zero-order valence-corrected chi connectivity index (χ0v) is 12.2. The van der Waals surface area contributed by atoms with Gasteiger partial charge < -0.3 is 5.32 Å². The second kappa shape index (κ2) is 6.19. The van der Waals surface area contributed by atoms with Gasteiger partial charge >= 0.3 is 0 Å². The van der Waals surface area contributed by atoms with Crippen LogP contribution in [0.15, 0.2) is 12.1 Å². The van der Waals surface area contributed by atoms with E-state index in [4.69, 9.17) is 11.6 Å². The summed E-state index contributed by atoms with van der Waals surface area (Å²) in [4.78, 5) is 4.02. The van der Waals surface area contributed by atoms with Crippen molar-refractivity contribution in [3.05, 3.63) is 21.3 Å². The van der Waals surface area contributed by atoms with Crippen LogP contribution >= 0.6 is 22.9 Å². The van der Waals surface area contributed by atoms with Crippen molar-refractivity contribution < 1.29 is 0 Å². The summed E-state index contributed by atoms with van der Waals surface area (Å²) in [5.41, 5.74) is 0. The topological polar surface area (TPSA) is 15.3 Å². The van der Waals surface area contributed by atoms with Gasteiger partial charge in [-0.3, -0.25) is 4.90 Å². The number of hydrogen-bond donors (Lipinski definition) is 1. The lowest BCUT2D eigenvalue weighted by Crippen LogP contribution is -2.55. The van der Waals surface area contributed by atoms with Gasteiger partial charge in [-0.15, -0.1) is 11.3 Å². The highest BCUT2D eigenvalue weighted by Crippen LogP contribution is 2.22. The third-order valence-electron chi connectivity index (χ3n) is 3.47. The highest BCUT2D eigenvalue weighted by atomic mass is 35.5. The van der Waals surface area contributed by atoms with Crippen LogP contribution in [0.5, 0.6) is 0 Å². The van der Waals surface area contributed by atoms with E-state index in [1.54, 1.807) is 11.3 Å². The van der Waals surface area contributed by atoms with Crippen molar-refractivity contribution in [2.45, 2.75) is 38.8 Å². The van der Waals surface area contributed by atoms with Gasteiger partial charge in [0.05, 0.1) is 4.34 Å². The third kappa shape index (κ3) is 3.68. The van der Waals surface area contributed by atoms with Crippen LogP contribution in [0.1, 0.15) is 25.1 Å². The zero-order valence-electron chi connectivity index (χ0n) is 10.6. The van der Waals surface area contributed by atoms with Gasteiger partial charge in [0.2, 0.25) is 0 Å². The molecular weight excluding hydrogens is 252 g/mol. The average molecular weight is 273 g/mol. The predicted octanol–water partition coefficient (Wildman–Crippen LogP) is 3.02. The molecule has 1 aromatic heterocycles. The lowest BCUT2D eigenvalue weighted by Gasteiger charge is -2.39. The summed E-state index contributed by atoms with van der Waals surface area (Å²) in [6, 6.07) is 5.46. The SMILES string of the molecule is CCC1CNC(C)CN1CCc1ccc(Cl)s1. The molecule has 1 aliphatic heterocycles. The number of nitrogens with zero attached hydrogens (tertiary/aromatic N) is 1. The maximum absolute atomic E-state index is 5.96. The van der Waals surface area contributed by atoms with Crippen molar-refractivity contribution in [1.29, 1.82) is 0 Å². The molecule has 17 heavy (non-hydrogen) atoms. The van der Waals surface area contributed by atoms with Crippen LogP contribution in [0.4, 0.5) is 0 Å². The Bertz CT molecular complexity index is 353. The molecule has 0 aromatic carbocycles. The van der Waals surface area contributed by atoms with Crippen LogP contribution < -0.4 is 5.32 Å². The molecule has 0 bridgehead atoms. The summed E-state index contributed by atoms with van der Waals surface area (Å²) in [6.07, 6.45) is 2.35. The van der Waals surface area contributed by atoms with Gasteiger partial charge in [-0.2, -0.15) is 0 Å². The Kier molecular flexibility index (Phi) is 4.86. The van der Waals surface area contributed by atoms with E-state index in [0.29, 0.717) is 12.1 Å². The van der Waals surface area contributed by atoms with Crippen molar-refractivity contribution in [2.75, 3.05) is 19.6 Å². The highest BCUT2D eigenvalue weighted by Gasteiger charge is 2.23. The molecule has 1 aromatic rings. The monoisotopic (exact) mass is 272 g/mol. The van der Waals surface area contributed by atoms with Crippen molar-refractivity contribution in [2.24, 2.45) is 0 Å². The van der Waals surface area contributed by atoms with E-state index in [-0.39, 0.29) is 0 Å². The van der Waals surface area contributed by atoms with Crippen molar-refractivity contribution in [1.82, 2.24) is 10.2 Å². The fourth-order valence-corrected chi connectivity index (χ4v) is 3.52. The molecule has 0 saturated carbocycles. The first-order valence-electron chi connectivity index (χ1n) is 6.40. The fraction of sp³-hybridized carbons (Fsp3) is 0.692. The lowest BCUT2D eigenvalue weighted by atomic mass is 10.1. The Balaban J connectivity index is 1.87. The lowest BCUT2D eigenvalue weighted by molar-refractivity contribution is 0.133. The third-order valence-corrected chi connectivity index (χ3v) is 4.76. The molecule has 2 unspecified atom stereocenters. The van der Waals surface area contributed by atoms with Gasteiger partial charge in [0.25, 0.3) is 0 Å². The van der Waals surface area contributed by atoms with Crippen LogP contribution in [0, 0.1) is 0 Å². The Hall–Kier alpha value is -0.0900. The van der Waals surface area contributed by atoms with Gasteiger partial charge in [0.1, 0.15) is 0 Å². The molecule has 1 aliphatic rings. The first-order chi connectivity index (χ1) is 8.19. The van der Waals surface area contributed by atoms with Crippen LogP contribution in [-0.2, 0) is 6.42 Å². The minimum Gasteiger partial charge on any atom is -0.311 e. The van der Waals surface area contributed by atoms with Crippen LogP contribution in [0.2, 0.25) is 4.34 Å². The summed E-state index contributed by atoms with van der Waals surface area (Å²) < 4.78 is 0.903. The van der Waals surface area contributed by atoms with E-state index in [9.17, 15) is 0 Å². The van der Waals surface area contributed by atoms with Crippen molar-refractivity contribution in [3.8, 4) is 0 Å². The van der Waals surface area contributed by atoms with Gasteiger partial charge in [0.15, 0.2) is 0 Å². The smallest absolute Gasteiger partial charge is 0.0931 e. The minimum atomic E-state index is 0.615. The first kappa shape index (κ1) is 13.3. The summed E-state index contributed by atoms with van der Waals surface area (Å²) in [7, 11) is 0. The Morgan fingerprint density at radius 1 is 1.53 bits per heavy atom. The quantitative estimate of drug-likeness (QED) is 0.906. The summed E-state index contributed by atoms with van der Waals surface area (Å²) in [5, 5.41) is 3.56. The molecular formula is C13H21ClN2S. The molecule has 2 nitrogen and oxygen atoms in total. The molecule has 0 spiro atoms. The predicted molar refractivity (Wildman–Crippen MR) is 76.1 cm³/mol. The van der Waals surface area contributed by atoms with E-state index >= 15 is 0 Å². The van der Waals surface area contributed by atoms with Crippen LogP contribution in [-0.4, -0.2) is 36.6 Å². The van der Waals surface area contributed by atoms with E-state index in [2.05, 4.69) is 30.1 Å². The summed E-state index contributed by atoms with van der Waals surface area (Å²) in [6.45, 7) is 7.99. The first-order valence-corrected chi connectivity index (χ1v) is 7.60. The molecule has 0 radical (unpaired) electrons. The molecule has 2 atom stereocenters. The number of hydrogen-bond acceptors (Lipinski definition) is 3. The molecule has 1 saturated heterocycles. The Morgan fingerprint density at radius 3 is 3.00 bits per heavy atom. The molecule has 1 N–H and O–H groups in total. The van der Waals surface area contributed by atoms with Crippen LogP contribution in [0.3, 0.4) is 0 Å². The number of nitrogens with one attached hydrogen (secondary N) is 1. The van der Waals surface area contributed by atoms with Crippen LogP contribution in [0.25, 0.3) is 0 Å². The summed E-state index contributed by atoms with van der Waals surface area (Å²) in [5.74, 6) is 0. The standard InChI is InChI=1S/C13H21ClN2S/c1-3-11-8-15-10(2)9-16(11)7-6-12-4-5-13(14)17-12/h4-5,10-11,15H,3,6-9H2,1-2H3. The molecule has 4 heteroatoms. The van der Waals surface area contributed by atoms with Crippen molar-refractivity contribution >= 4 is 22.9 Å². The normalized spacial score (nSPS) is 26.3. The largest absolute Gasteiger partial charge is 0.311 e.